The number of amides is 2. The number of nitrogens with zero attached hydrogens (tertiary/aromatic N) is 1. The number of imide groups is 1. The van der Waals surface area contributed by atoms with Crippen molar-refractivity contribution in [3.8, 4) is 0 Å². The van der Waals surface area contributed by atoms with Crippen molar-refractivity contribution in [2.45, 2.75) is 20.8 Å². The zero-order valence-electron chi connectivity index (χ0n) is 12.6. The Bertz CT molecular complexity index is 799. The van der Waals surface area contributed by atoms with E-state index in [4.69, 9.17) is 0 Å². The number of halogens is 4. The van der Waals surface area contributed by atoms with Crippen LogP contribution in [-0.2, 0) is 24.0 Å². The van der Waals surface area contributed by atoms with E-state index in [0.29, 0.717) is 6.92 Å². The molecule has 1 rings (SSSR count). The van der Waals surface area contributed by atoms with Crippen molar-refractivity contribution in [3.63, 3.8) is 0 Å². The van der Waals surface area contributed by atoms with Gasteiger partial charge in [-0.2, -0.15) is 8.42 Å². The molecule has 0 fully saturated rings. The van der Waals surface area contributed by atoms with E-state index in [9.17, 15) is 35.6 Å². The third-order valence-corrected chi connectivity index (χ3v) is 3.84. The van der Waals surface area contributed by atoms with Gasteiger partial charge in [-0.25, -0.2) is 17.6 Å². The molecular weight excluding hydrogens is 358 g/mol. The highest BCUT2D eigenvalue weighted by Gasteiger charge is 2.37. The number of rotatable bonds is 5. The van der Waals surface area contributed by atoms with Gasteiger partial charge in [0.25, 0.3) is 11.8 Å². The van der Waals surface area contributed by atoms with Crippen LogP contribution >= 0.6 is 0 Å². The van der Waals surface area contributed by atoms with Gasteiger partial charge in [0.2, 0.25) is 0 Å². The first-order chi connectivity index (χ1) is 10.9. The molecule has 24 heavy (non-hydrogen) atoms. The lowest BCUT2D eigenvalue weighted by Gasteiger charge is -2.12. The molecule has 0 unspecified atom stereocenters. The minimum atomic E-state index is -5.00. The predicted octanol–water partition coefficient (Wildman–Crippen LogP) is 2.79. The van der Waals surface area contributed by atoms with Gasteiger partial charge in [-0.3, -0.25) is 9.59 Å². The van der Waals surface area contributed by atoms with Gasteiger partial charge in [0.15, 0.2) is 11.7 Å². The van der Waals surface area contributed by atoms with E-state index in [-0.39, 0.29) is 21.6 Å². The molecule has 132 valence electrons. The van der Waals surface area contributed by atoms with Crippen molar-refractivity contribution < 1.29 is 39.9 Å². The SMILES string of the molecule is CC1=C(C)C(=O)N(OS(=O)(=O)\C=C(F)/C(C)=C(F)\C(F)=C\F)C1=O. The molecular formula is C13H11F4NO5S. The van der Waals surface area contributed by atoms with Crippen LogP contribution in [0.3, 0.4) is 0 Å². The summed E-state index contributed by atoms with van der Waals surface area (Å²) in [5.41, 5.74) is -1.31. The number of allylic oxidation sites excluding steroid dienone is 4. The standard InChI is InChI=1S/C13H11F4NO5S/c1-6-7(2)13(20)18(12(6)19)23-24(21,22)5-10(16)8(3)11(17)9(15)4-14/h4-5H,1-3H3/b9-4-,10-5+,11-8+. The minimum Gasteiger partial charge on any atom is -0.267 e. The topological polar surface area (TPSA) is 80.8 Å². The molecule has 0 atom stereocenters. The van der Waals surface area contributed by atoms with Gasteiger partial charge >= 0.3 is 10.1 Å². The predicted molar refractivity (Wildman–Crippen MR) is 73.5 cm³/mol. The number of hydrogen-bond acceptors (Lipinski definition) is 5. The van der Waals surface area contributed by atoms with Crippen LogP contribution < -0.4 is 0 Å². The maximum atomic E-state index is 13.6. The van der Waals surface area contributed by atoms with Crippen molar-refractivity contribution >= 4 is 21.9 Å². The van der Waals surface area contributed by atoms with E-state index < -0.39 is 51.3 Å². The third kappa shape index (κ3) is 3.97. The van der Waals surface area contributed by atoms with Gasteiger partial charge in [-0.15, -0.1) is 9.35 Å². The maximum absolute atomic E-state index is 13.6. The van der Waals surface area contributed by atoms with Crippen molar-refractivity contribution in [1.29, 1.82) is 0 Å². The van der Waals surface area contributed by atoms with Gasteiger partial charge in [-0.1, -0.05) is 0 Å². The molecule has 11 heteroatoms. The zero-order valence-corrected chi connectivity index (χ0v) is 13.4. The van der Waals surface area contributed by atoms with Crippen LogP contribution in [0.1, 0.15) is 20.8 Å². The summed E-state index contributed by atoms with van der Waals surface area (Å²) in [4.78, 5) is 23.3. The van der Waals surface area contributed by atoms with Crippen LogP contribution in [0.15, 0.2) is 45.9 Å². The Morgan fingerprint density at radius 2 is 1.50 bits per heavy atom. The first-order valence-corrected chi connectivity index (χ1v) is 7.61. The molecule has 0 bridgehead atoms. The molecule has 0 N–H and O–H groups in total. The Balaban J connectivity index is 3.11. The van der Waals surface area contributed by atoms with Crippen molar-refractivity contribution in [2.75, 3.05) is 0 Å². The highest BCUT2D eigenvalue weighted by molar-refractivity contribution is 7.89. The normalized spacial score (nSPS) is 18.5. The summed E-state index contributed by atoms with van der Waals surface area (Å²) in [7, 11) is -5.00. The van der Waals surface area contributed by atoms with Crippen molar-refractivity contribution in [2.24, 2.45) is 0 Å². The van der Waals surface area contributed by atoms with E-state index in [1.807, 2.05) is 0 Å². The van der Waals surface area contributed by atoms with Crippen LogP contribution in [-0.4, -0.2) is 25.3 Å². The lowest BCUT2D eigenvalue weighted by atomic mass is 10.2. The van der Waals surface area contributed by atoms with Gasteiger partial charge in [0.1, 0.15) is 12.2 Å². The molecule has 1 aliphatic heterocycles. The molecule has 0 saturated heterocycles. The molecule has 0 aromatic heterocycles. The molecule has 1 aliphatic rings. The van der Waals surface area contributed by atoms with E-state index in [2.05, 4.69) is 4.28 Å². The van der Waals surface area contributed by atoms with Crippen LogP contribution in [0, 0.1) is 0 Å². The zero-order chi connectivity index (χ0) is 18.8. The summed E-state index contributed by atoms with van der Waals surface area (Å²) in [6.07, 6.45) is -0.782. The van der Waals surface area contributed by atoms with Crippen LogP contribution in [0.4, 0.5) is 17.6 Å². The average Bonchev–Trinajstić information content (AvgIpc) is 2.69. The first kappa shape index (κ1) is 19.8. The van der Waals surface area contributed by atoms with E-state index in [1.165, 1.54) is 13.8 Å². The molecule has 0 aromatic carbocycles. The molecule has 0 radical (unpaired) electrons. The van der Waals surface area contributed by atoms with Crippen molar-refractivity contribution in [1.82, 2.24) is 5.06 Å². The van der Waals surface area contributed by atoms with Gasteiger partial charge in [0.05, 0.1) is 5.41 Å². The Kier molecular flexibility index (Phi) is 5.84. The lowest BCUT2D eigenvalue weighted by molar-refractivity contribution is -0.162. The molecule has 0 aromatic rings. The Hall–Kier alpha value is -2.27. The lowest BCUT2D eigenvalue weighted by Crippen LogP contribution is -2.33. The summed E-state index contributed by atoms with van der Waals surface area (Å²) in [6, 6.07) is 0. The largest absolute Gasteiger partial charge is 0.314 e. The highest BCUT2D eigenvalue weighted by Crippen LogP contribution is 2.26. The van der Waals surface area contributed by atoms with E-state index in [1.54, 1.807) is 0 Å². The summed E-state index contributed by atoms with van der Waals surface area (Å²) < 4.78 is 78.8. The minimum absolute atomic E-state index is 0.0723. The fourth-order valence-corrected chi connectivity index (χ4v) is 2.27. The third-order valence-electron chi connectivity index (χ3n) is 2.99. The van der Waals surface area contributed by atoms with Crippen LogP contribution in [0.25, 0.3) is 0 Å². The fourth-order valence-electron chi connectivity index (χ4n) is 1.46. The van der Waals surface area contributed by atoms with Gasteiger partial charge in [-0.05, 0) is 20.8 Å². The second-order valence-corrected chi connectivity index (χ2v) is 5.95. The smallest absolute Gasteiger partial charge is 0.267 e. The monoisotopic (exact) mass is 369 g/mol. The Morgan fingerprint density at radius 1 is 1.04 bits per heavy atom. The molecule has 6 nitrogen and oxygen atoms in total. The second kappa shape index (κ2) is 7.09. The summed E-state index contributed by atoms with van der Waals surface area (Å²) in [5, 5.41) is -0.391. The number of carbonyl (C=O) groups is 2. The molecule has 0 spiro atoms. The number of carbonyl (C=O) groups excluding carboxylic acids is 2. The van der Waals surface area contributed by atoms with Crippen LogP contribution in [0.2, 0.25) is 0 Å². The second-order valence-electron chi connectivity index (χ2n) is 4.58. The molecule has 2 amide bonds. The Morgan fingerprint density at radius 3 is 1.92 bits per heavy atom. The summed E-state index contributed by atoms with van der Waals surface area (Å²) in [6.45, 7) is 3.13. The highest BCUT2D eigenvalue weighted by atomic mass is 32.2. The molecule has 0 saturated carbocycles. The quantitative estimate of drug-likeness (QED) is 0.423. The maximum Gasteiger partial charge on any atom is 0.314 e. The van der Waals surface area contributed by atoms with Crippen LogP contribution in [0.5, 0.6) is 0 Å². The van der Waals surface area contributed by atoms with E-state index >= 15 is 0 Å². The number of hydrogen-bond donors (Lipinski definition) is 0. The fraction of sp³-hybridized carbons (Fsp3) is 0.231. The Labute approximate surface area is 134 Å². The summed E-state index contributed by atoms with van der Waals surface area (Å²) in [5.74, 6) is -7.97. The average molecular weight is 369 g/mol. The van der Waals surface area contributed by atoms with Gasteiger partial charge < -0.3 is 0 Å². The van der Waals surface area contributed by atoms with Crippen molar-refractivity contribution in [3.05, 3.63) is 45.9 Å². The molecule has 0 aliphatic carbocycles. The summed E-state index contributed by atoms with van der Waals surface area (Å²) >= 11 is 0. The first-order valence-electron chi connectivity index (χ1n) is 6.14. The van der Waals surface area contributed by atoms with E-state index in [0.717, 1.165) is 0 Å². The number of hydroxylamine groups is 2. The van der Waals surface area contributed by atoms with Gasteiger partial charge in [0, 0.05) is 16.7 Å². The molecule has 1 heterocycles.